The molecule has 1 saturated carbocycles. The van der Waals surface area contributed by atoms with Gasteiger partial charge in [-0.05, 0) is 31.4 Å². The molecule has 5 atom stereocenters. The summed E-state index contributed by atoms with van der Waals surface area (Å²) in [5.74, 6) is -1.29. The maximum Gasteiger partial charge on any atom is 0.269 e. The maximum absolute atomic E-state index is 15.5. The average Bonchev–Trinajstić information content (AvgIpc) is 3.32. The second-order valence-corrected chi connectivity index (χ2v) is 9.38. The summed E-state index contributed by atoms with van der Waals surface area (Å²) in [6.45, 7) is 3.97. The highest BCUT2D eigenvalue weighted by Gasteiger charge is 2.51. The number of anilines is 1. The molecule has 4 heterocycles. The zero-order chi connectivity index (χ0) is 23.1. The zero-order valence-corrected chi connectivity index (χ0v) is 18.8. The minimum Gasteiger partial charge on any atom is -0.365 e. The molecule has 9 nitrogen and oxygen atoms in total. The number of hydrogen-bond acceptors (Lipinski definition) is 7. The number of halogens is 2. The SMILES string of the molecule is CNC(=O)c1ccc(N2CCN(CC3CCC4C(NC(=O)C5CCNN54)C3F)CC2)c(F)n1. The molecule has 4 aliphatic rings. The first-order chi connectivity index (χ1) is 16.0. The molecule has 0 spiro atoms. The Morgan fingerprint density at radius 2 is 2.00 bits per heavy atom. The van der Waals surface area contributed by atoms with Crippen molar-refractivity contribution in [2.75, 3.05) is 51.2 Å². The lowest BCUT2D eigenvalue weighted by Crippen LogP contribution is -2.70. The van der Waals surface area contributed by atoms with Crippen molar-refractivity contribution in [1.29, 1.82) is 0 Å². The van der Waals surface area contributed by atoms with Crippen molar-refractivity contribution < 1.29 is 18.4 Å². The number of amides is 2. The minimum absolute atomic E-state index is 0.00605. The summed E-state index contributed by atoms with van der Waals surface area (Å²) < 4.78 is 30.0. The number of carbonyl (C=O) groups is 2. The second-order valence-electron chi connectivity index (χ2n) is 9.38. The van der Waals surface area contributed by atoms with Crippen molar-refractivity contribution in [3.63, 3.8) is 0 Å². The van der Waals surface area contributed by atoms with Gasteiger partial charge >= 0.3 is 0 Å². The van der Waals surface area contributed by atoms with Crippen LogP contribution in [0.1, 0.15) is 29.8 Å². The average molecular weight is 464 g/mol. The number of nitrogens with one attached hydrogen (secondary N) is 3. The Morgan fingerprint density at radius 1 is 1.21 bits per heavy atom. The topological polar surface area (TPSA) is 92.8 Å². The van der Waals surface area contributed by atoms with Crippen LogP contribution in [-0.4, -0.2) is 97.3 Å². The lowest BCUT2D eigenvalue weighted by Gasteiger charge is -2.49. The molecule has 0 bridgehead atoms. The molecule has 1 aromatic heterocycles. The number of rotatable bonds is 4. The van der Waals surface area contributed by atoms with Crippen LogP contribution in [0.5, 0.6) is 0 Å². The van der Waals surface area contributed by atoms with Gasteiger partial charge in [-0.1, -0.05) is 0 Å². The van der Waals surface area contributed by atoms with Gasteiger partial charge in [0.2, 0.25) is 11.9 Å². The Kier molecular flexibility index (Phi) is 6.19. The number of nitrogens with zero attached hydrogens (tertiary/aromatic N) is 4. The molecule has 5 unspecified atom stereocenters. The van der Waals surface area contributed by atoms with Crippen molar-refractivity contribution >= 4 is 17.5 Å². The van der Waals surface area contributed by atoms with Crippen molar-refractivity contribution in [3.8, 4) is 0 Å². The van der Waals surface area contributed by atoms with E-state index in [1.807, 2.05) is 9.91 Å². The van der Waals surface area contributed by atoms with E-state index in [2.05, 4.69) is 25.9 Å². The van der Waals surface area contributed by atoms with Crippen LogP contribution in [-0.2, 0) is 4.79 Å². The summed E-state index contributed by atoms with van der Waals surface area (Å²) in [6, 6.07) is 2.47. The smallest absolute Gasteiger partial charge is 0.269 e. The summed E-state index contributed by atoms with van der Waals surface area (Å²) in [4.78, 5) is 32.0. The predicted molar refractivity (Wildman–Crippen MR) is 118 cm³/mol. The van der Waals surface area contributed by atoms with Gasteiger partial charge in [0.05, 0.1) is 11.7 Å². The number of carbonyl (C=O) groups excluding carboxylic acids is 2. The Morgan fingerprint density at radius 3 is 2.73 bits per heavy atom. The fourth-order valence-corrected chi connectivity index (χ4v) is 5.78. The molecule has 3 aliphatic heterocycles. The van der Waals surface area contributed by atoms with Gasteiger partial charge in [0.15, 0.2) is 0 Å². The molecule has 0 radical (unpaired) electrons. The number of alkyl halides is 1. The summed E-state index contributed by atoms with van der Waals surface area (Å²) in [6.07, 6.45) is 1.31. The molecule has 3 N–H and O–H groups in total. The van der Waals surface area contributed by atoms with Gasteiger partial charge in [-0.2, -0.15) is 4.39 Å². The number of hydrazine groups is 1. The van der Waals surface area contributed by atoms with Gasteiger partial charge in [-0.3, -0.25) is 19.9 Å². The van der Waals surface area contributed by atoms with E-state index >= 15 is 4.39 Å². The molecule has 11 heteroatoms. The van der Waals surface area contributed by atoms with Gasteiger partial charge < -0.3 is 15.5 Å². The van der Waals surface area contributed by atoms with Crippen molar-refractivity contribution in [1.82, 2.24) is 31.0 Å². The number of pyridine rings is 1. The Hall–Kier alpha value is -2.37. The predicted octanol–water partition coefficient (Wildman–Crippen LogP) is -0.104. The highest BCUT2D eigenvalue weighted by molar-refractivity contribution is 5.92. The fraction of sp³-hybridized carbons (Fsp3) is 0.682. The third kappa shape index (κ3) is 4.17. The molecule has 1 aromatic rings. The van der Waals surface area contributed by atoms with Gasteiger partial charge in [0.1, 0.15) is 17.9 Å². The lowest BCUT2D eigenvalue weighted by atomic mass is 9.78. The van der Waals surface area contributed by atoms with Crippen LogP contribution >= 0.6 is 0 Å². The van der Waals surface area contributed by atoms with Gasteiger partial charge in [-0.15, -0.1) is 0 Å². The minimum atomic E-state index is -1.09. The van der Waals surface area contributed by atoms with E-state index < -0.39 is 24.1 Å². The van der Waals surface area contributed by atoms with E-state index in [0.29, 0.717) is 38.4 Å². The first-order valence-corrected chi connectivity index (χ1v) is 11.8. The van der Waals surface area contributed by atoms with E-state index in [9.17, 15) is 14.0 Å². The second kappa shape index (κ2) is 9.11. The van der Waals surface area contributed by atoms with Crippen LogP contribution in [0.15, 0.2) is 12.1 Å². The van der Waals surface area contributed by atoms with E-state index in [1.165, 1.54) is 13.1 Å². The van der Waals surface area contributed by atoms with Crippen molar-refractivity contribution in [3.05, 3.63) is 23.8 Å². The normalized spacial score (nSPS) is 32.8. The Labute approximate surface area is 191 Å². The van der Waals surface area contributed by atoms with E-state index in [1.54, 1.807) is 6.07 Å². The molecule has 0 aromatic carbocycles. The summed E-state index contributed by atoms with van der Waals surface area (Å²) >= 11 is 0. The van der Waals surface area contributed by atoms with Crippen molar-refractivity contribution in [2.45, 2.75) is 43.6 Å². The van der Waals surface area contributed by atoms with E-state index in [-0.39, 0.29) is 29.6 Å². The summed E-state index contributed by atoms with van der Waals surface area (Å²) in [5.41, 5.74) is 3.70. The summed E-state index contributed by atoms with van der Waals surface area (Å²) in [5, 5.41) is 7.39. The zero-order valence-electron chi connectivity index (χ0n) is 18.8. The van der Waals surface area contributed by atoms with Gasteiger partial charge in [-0.25, -0.2) is 14.4 Å². The van der Waals surface area contributed by atoms with Gasteiger partial charge in [0, 0.05) is 58.3 Å². The summed E-state index contributed by atoms with van der Waals surface area (Å²) in [7, 11) is 1.48. The van der Waals surface area contributed by atoms with Crippen LogP contribution in [0.2, 0.25) is 0 Å². The van der Waals surface area contributed by atoms with Crippen LogP contribution in [0.25, 0.3) is 0 Å². The standard InChI is InChI=1S/C22H31F2N7O2/c1-25-21(32)14-3-5-16(20(24)27-14)30-10-8-29(9-11-30)12-13-2-4-15-19(18(13)23)28-22(33)17-6-7-26-31(15)17/h3,5,13,15,17-19,26H,2,4,6-12H2,1H3,(H,25,32)(H,28,33). The first-order valence-electron chi connectivity index (χ1n) is 11.8. The van der Waals surface area contributed by atoms with E-state index in [0.717, 1.165) is 25.8 Å². The number of piperazine rings is 2. The fourth-order valence-electron chi connectivity index (χ4n) is 5.78. The molecule has 2 amide bonds. The molecule has 5 rings (SSSR count). The van der Waals surface area contributed by atoms with Crippen LogP contribution < -0.4 is 21.0 Å². The third-order valence-corrected chi connectivity index (χ3v) is 7.55. The molecule has 1 aliphatic carbocycles. The van der Waals surface area contributed by atoms with Crippen LogP contribution in [0.3, 0.4) is 0 Å². The quantitative estimate of drug-likeness (QED) is 0.537. The molecule has 3 saturated heterocycles. The monoisotopic (exact) mass is 463 g/mol. The largest absolute Gasteiger partial charge is 0.365 e. The number of aromatic nitrogens is 1. The Balaban J connectivity index is 1.17. The lowest BCUT2D eigenvalue weighted by molar-refractivity contribution is -0.138. The Bertz CT molecular complexity index is 911. The first kappa shape index (κ1) is 22.4. The maximum atomic E-state index is 15.5. The van der Waals surface area contributed by atoms with Crippen molar-refractivity contribution in [2.24, 2.45) is 5.92 Å². The molecule has 180 valence electrons. The van der Waals surface area contributed by atoms with Crippen LogP contribution in [0.4, 0.5) is 14.5 Å². The van der Waals surface area contributed by atoms with Crippen LogP contribution in [0, 0.1) is 11.9 Å². The molecular weight excluding hydrogens is 432 g/mol. The van der Waals surface area contributed by atoms with E-state index in [4.69, 9.17) is 0 Å². The highest BCUT2D eigenvalue weighted by atomic mass is 19.1. The molecule has 4 fully saturated rings. The molecular formula is C22H31F2N7O2. The number of fused-ring (bicyclic) bond motifs is 3. The number of hydrogen-bond donors (Lipinski definition) is 3. The highest BCUT2D eigenvalue weighted by Crippen LogP contribution is 2.35. The third-order valence-electron chi connectivity index (χ3n) is 7.55. The molecule has 33 heavy (non-hydrogen) atoms. The van der Waals surface area contributed by atoms with Gasteiger partial charge in [0.25, 0.3) is 5.91 Å².